The number of hydrogen-bond acceptors (Lipinski definition) is 5. The first kappa shape index (κ1) is 25.9. The summed E-state index contributed by atoms with van der Waals surface area (Å²) in [6.45, 7) is 6.04. The first-order chi connectivity index (χ1) is 17.1. The Bertz CT molecular complexity index is 1130. The molecule has 2 heterocycles. The summed E-state index contributed by atoms with van der Waals surface area (Å²) in [6, 6.07) is 7.88. The zero-order valence-corrected chi connectivity index (χ0v) is 21.7. The van der Waals surface area contributed by atoms with Crippen LogP contribution in [0.2, 0.25) is 0 Å². The van der Waals surface area contributed by atoms with Gasteiger partial charge in [0.15, 0.2) is 5.78 Å². The van der Waals surface area contributed by atoms with Crippen molar-refractivity contribution in [3.8, 4) is 0 Å². The lowest BCUT2D eigenvalue weighted by atomic mass is 9.83. The molecule has 2 amide bonds. The summed E-state index contributed by atoms with van der Waals surface area (Å²) < 4.78 is 0. The number of benzene rings is 1. The third-order valence-electron chi connectivity index (χ3n) is 6.99. The first-order valence-corrected chi connectivity index (χ1v) is 12.7. The van der Waals surface area contributed by atoms with E-state index in [1.165, 1.54) is 5.56 Å². The zero-order valence-electron chi connectivity index (χ0n) is 21.7. The van der Waals surface area contributed by atoms with E-state index in [2.05, 4.69) is 14.9 Å². The Labute approximate surface area is 213 Å². The monoisotopic (exact) mass is 488 g/mol. The summed E-state index contributed by atoms with van der Waals surface area (Å²) in [6.07, 6.45) is 9.52. The van der Waals surface area contributed by atoms with Crippen LogP contribution in [0, 0.1) is 17.3 Å². The third-order valence-corrected chi connectivity index (χ3v) is 6.99. The molecular formula is C29H36N4O3. The van der Waals surface area contributed by atoms with Gasteiger partial charge in [0.2, 0.25) is 5.91 Å². The number of amides is 2. The number of piperidine rings is 1. The van der Waals surface area contributed by atoms with Gasteiger partial charge in [0, 0.05) is 44.0 Å². The molecule has 0 aromatic heterocycles. The molecule has 2 aliphatic heterocycles. The number of ketones is 1. The number of Topliss-reactive ketones (excluding diaryl/α,β-unsaturated/α-hetero) is 1. The van der Waals surface area contributed by atoms with E-state index in [4.69, 9.17) is 0 Å². The molecule has 0 spiro atoms. The van der Waals surface area contributed by atoms with Crippen molar-refractivity contribution in [2.75, 3.05) is 27.2 Å². The molecule has 1 aromatic rings. The molecule has 1 saturated heterocycles. The van der Waals surface area contributed by atoms with Crippen molar-refractivity contribution in [1.82, 2.24) is 9.80 Å². The van der Waals surface area contributed by atoms with Crippen LogP contribution in [0.25, 0.3) is 0 Å². The van der Waals surface area contributed by atoms with Crippen molar-refractivity contribution in [2.45, 2.75) is 46.1 Å². The second-order valence-electron chi connectivity index (χ2n) is 11.1. The molecule has 36 heavy (non-hydrogen) atoms. The van der Waals surface area contributed by atoms with E-state index in [1.54, 1.807) is 0 Å². The fourth-order valence-electron chi connectivity index (χ4n) is 5.08. The summed E-state index contributed by atoms with van der Waals surface area (Å²) >= 11 is 0. The van der Waals surface area contributed by atoms with E-state index in [9.17, 15) is 14.4 Å². The van der Waals surface area contributed by atoms with Gasteiger partial charge < -0.3 is 9.80 Å². The van der Waals surface area contributed by atoms with Crippen molar-refractivity contribution in [3.05, 3.63) is 59.7 Å². The van der Waals surface area contributed by atoms with E-state index in [0.717, 1.165) is 12.1 Å². The minimum atomic E-state index is -0.387. The molecule has 190 valence electrons. The molecule has 1 aromatic carbocycles. The van der Waals surface area contributed by atoms with Crippen molar-refractivity contribution >= 4 is 29.1 Å². The fourth-order valence-corrected chi connectivity index (χ4v) is 5.08. The van der Waals surface area contributed by atoms with Crippen LogP contribution < -0.4 is 0 Å². The van der Waals surface area contributed by atoms with Crippen molar-refractivity contribution < 1.29 is 14.4 Å². The number of rotatable bonds is 8. The molecule has 0 radical (unpaired) electrons. The Balaban J connectivity index is 1.29. The molecule has 4 rings (SSSR count). The van der Waals surface area contributed by atoms with Gasteiger partial charge in [-0.2, -0.15) is 4.99 Å². The van der Waals surface area contributed by atoms with Gasteiger partial charge >= 0.3 is 0 Å². The second-order valence-corrected chi connectivity index (χ2v) is 11.1. The summed E-state index contributed by atoms with van der Waals surface area (Å²) in [5.74, 6) is 0.103. The number of nitrogens with zero attached hydrogens (tertiary/aromatic N) is 4. The molecule has 3 aliphatic rings. The molecule has 0 saturated carbocycles. The van der Waals surface area contributed by atoms with Gasteiger partial charge in [0.1, 0.15) is 11.8 Å². The number of likely N-dealkylation sites (tertiary alicyclic amines) is 1. The van der Waals surface area contributed by atoms with Crippen LogP contribution in [0.1, 0.15) is 55.5 Å². The van der Waals surface area contributed by atoms with Crippen molar-refractivity contribution in [1.29, 1.82) is 0 Å². The van der Waals surface area contributed by atoms with E-state index in [-0.39, 0.29) is 34.8 Å². The van der Waals surface area contributed by atoms with Crippen LogP contribution in [0.5, 0.6) is 0 Å². The maximum absolute atomic E-state index is 13.1. The molecule has 1 aliphatic carbocycles. The van der Waals surface area contributed by atoms with Crippen LogP contribution in [0.3, 0.4) is 0 Å². The van der Waals surface area contributed by atoms with Crippen LogP contribution in [-0.2, 0) is 16.1 Å². The highest BCUT2D eigenvalue weighted by atomic mass is 16.2. The number of fused-ring (bicyclic) bond motifs is 1. The van der Waals surface area contributed by atoms with Gasteiger partial charge in [0.05, 0.1) is 5.71 Å². The molecule has 7 heteroatoms. The van der Waals surface area contributed by atoms with E-state index in [0.29, 0.717) is 50.3 Å². The quantitative estimate of drug-likeness (QED) is 0.516. The van der Waals surface area contributed by atoms with Crippen LogP contribution in [-0.4, -0.2) is 66.1 Å². The summed E-state index contributed by atoms with van der Waals surface area (Å²) in [4.78, 5) is 51.2. The van der Waals surface area contributed by atoms with E-state index < -0.39 is 0 Å². The van der Waals surface area contributed by atoms with Crippen LogP contribution >= 0.6 is 0 Å². The van der Waals surface area contributed by atoms with Gasteiger partial charge in [-0.15, -0.1) is 0 Å². The molecule has 7 nitrogen and oxygen atoms in total. The topological polar surface area (TPSA) is 82.4 Å². The highest BCUT2D eigenvalue weighted by Crippen LogP contribution is 2.30. The first-order valence-electron chi connectivity index (χ1n) is 12.7. The maximum Gasteiger partial charge on any atom is 0.260 e. The lowest BCUT2D eigenvalue weighted by Crippen LogP contribution is -2.42. The minimum absolute atomic E-state index is 0.0502. The van der Waals surface area contributed by atoms with Crippen molar-refractivity contribution in [3.63, 3.8) is 0 Å². The average Bonchev–Trinajstić information content (AvgIpc) is 2.83. The second kappa shape index (κ2) is 10.8. The highest BCUT2D eigenvalue weighted by Gasteiger charge is 2.33. The predicted molar refractivity (Wildman–Crippen MR) is 142 cm³/mol. The Kier molecular flexibility index (Phi) is 7.79. The lowest BCUT2D eigenvalue weighted by molar-refractivity contribution is -0.134. The maximum atomic E-state index is 13.1. The van der Waals surface area contributed by atoms with Gasteiger partial charge in [-0.25, -0.2) is 4.99 Å². The van der Waals surface area contributed by atoms with Crippen LogP contribution in [0.15, 0.2) is 58.6 Å². The van der Waals surface area contributed by atoms with Gasteiger partial charge in [-0.3, -0.25) is 14.4 Å². The third kappa shape index (κ3) is 6.32. The van der Waals surface area contributed by atoms with Gasteiger partial charge in [-0.1, -0.05) is 56.3 Å². The predicted octanol–water partition coefficient (Wildman–Crippen LogP) is 4.10. The molecule has 0 bridgehead atoms. The van der Waals surface area contributed by atoms with Crippen molar-refractivity contribution in [2.24, 2.45) is 27.2 Å². The van der Waals surface area contributed by atoms with Gasteiger partial charge in [0.25, 0.3) is 5.91 Å². The van der Waals surface area contributed by atoms with E-state index >= 15 is 0 Å². The van der Waals surface area contributed by atoms with Gasteiger partial charge in [-0.05, 0) is 44.0 Å². The number of carbonyl (C=O) groups excluding carboxylic acids is 3. The molecule has 1 atom stereocenters. The largest absolute Gasteiger partial charge is 0.343 e. The standard InChI is InChI=1S/C29H36N4O3/c1-29(2,17-25-30-24-8-6-5-7-23(24)28(36)31-25)18-26(34)33-15-13-22(14-16-33)27(35)21-11-9-20(10-12-21)19-32(3)4/h5-12,22-23H,13-19H2,1-4H3. The Hall–Kier alpha value is -3.19. The number of carbonyl (C=O) groups is 3. The highest BCUT2D eigenvalue weighted by molar-refractivity contribution is 6.21. The minimum Gasteiger partial charge on any atom is -0.343 e. The number of aliphatic imine (C=N–C) groups is 2. The average molecular weight is 489 g/mol. The smallest absolute Gasteiger partial charge is 0.260 e. The summed E-state index contributed by atoms with van der Waals surface area (Å²) in [5, 5.41) is 0. The Morgan fingerprint density at radius 2 is 1.75 bits per heavy atom. The fraction of sp³-hybridized carbons (Fsp3) is 0.483. The lowest BCUT2D eigenvalue weighted by Gasteiger charge is -2.34. The van der Waals surface area contributed by atoms with Crippen LogP contribution in [0.4, 0.5) is 0 Å². The zero-order chi connectivity index (χ0) is 25.9. The number of hydrogen-bond donors (Lipinski definition) is 0. The SMILES string of the molecule is CN(C)Cc1ccc(C(=O)C2CCN(C(=O)CC(C)(C)CC3=NC(=O)C4C=CC=CC4=N3)CC2)cc1. The molecule has 0 N–H and O–H groups in total. The molecule has 1 fully saturated rings. The Morgan fingerprint density at radius 3 is 2.42 bits per heavy atom. The normalized spacial score (nSPS) is 20.3. The number of amidine groups is 1. The molecular weight excluding hydrogens is 452 g/mol. The Morgan fingerprint density at radius 1 is 1.06 bits per heavy atom. The summed E-state index contributed by atoms with van der Waals surface area (Å²) in [7, 11) is 4.05. The van der Waals surface area contributed by atoms with E-state index in [1.807, 2.05) is 81.4 Å². The molecule has 1 unspecified atom stereocenters. The summed E-state index contributed by atoms with van der Waals surface area (Å²) in [5.41, 5.74) is 2.26. The number of allylic oxidation sites excluding steroid dienone is 3.